The summed E-state index contributed by atoms with van der Waals surface area (Å²) in [6.45, 7) is 8.85. The second-order valence-electron chi connectivity index (χ2n) is 12.1. The molecule has 12 heteroatoms. The third-order valence-corrected chi connectivity index (χ3v) is 10.2. The number of aliphatic hydroxyl groups is 1. The third kappa shape index (κ3) is 6.63. The SMILES string of the molecule is C=CCCC(=O)N[C@H](C)[C@@H](OC(=O)[C@H]1[C@@H]2O[C@@]3(CC2Br)[C@@H]1C(=O)N(CCO)[C@@H]3C(=O)N(CC=C)c1ccc(Cl)cc1)c1ccccc1. The molecule has 2 bridgehead atoms. The van der Waals surface area contributed by atoms with Crippen LogP contribution < -0.4 is 10.2 Å². The molecule has 10 nitrogen and oxygen atoms in total. The lowest BCUT2D eigenvalue weighted by molar-refractivity contribution is -0.162. The van der Waals surface area contributed by atoms with Crippen LogP contribution in [-0.4, -0.2) is 82.0 Å². The minimum atomic E-state index is -1.36. The summed E-state index contributed by atoms with van der Waals surface area (Å²) in [5.74, 6) is -3.84. The van der Waals surface area contributed by atoms with Gasteiger partial charge in [-0.1, -0.05) is 70.0 Å². The number of ether oxygens (including phenoxy) is 2. The molecular weight excluding hydrogens is 690 g/mol. The van der Waals surface area contributed by atoms with Gasteiger partial charge in [-0.3, -0.25) is 19.2 Å². The Labute approximate surface area is 287 Å². The van der Waals surface area contributed by atoms with Crippen molar-refractivity contribution in [3.05, 3.63) is 90.5 Å². The molecule has 3 amide bonds. The fraction of sp³-hybridized carbons (Fsp3) is 0.429. The van der Waals surface area contributed by atoms with Crippen LogP contribution in [0.5, 0.6) is 0 Å². The summed E-state index contributed by atoms with van der Waals surface area (Å²) < 4.78 is 12.8. The summed E-state index contributed by atoms with van der Waals surface area (Å²) in [5, 5.41) is 13.4. The van der Waals surface area contributed by atoms with E-state index in [-0.39, 0.29) is 36.7 Å². The highest BCUT2D eigenvalue weighted by Crippen LogP contribution is 2.60. The van der Waals surface area contributed by atoms with Crippen LogP contribution in [0.25, 0.3) is 0 Å². The summed E-state index contributed by atoms with van der Waals surface area (Å²) in [7, 11) is 0. The Hall–Kier alpha value is -3.51. The first-order chi connectivity index (χ1) is 22.6. The maximum atomic E-state index is 14.5. The molecule has 5 rings (SSSR count). The van der Waals surface area contributed by atoms with Gasteiger partial charge in [-0.15, -0.1) is 13.2 Å². The maximum Gasteiger partial charge on any atom is 0.313 e. The largest absolute Gasteiger partial charge is 0.455 e. The standard InChI is InChI=1S/C35H39BrClN3O7/c1-4-6-12-26(42)38-21(3)29(22-10-8-7-9-11-22)46-34(45)27-28-32(43)40(18-19-41)31(35(28)20-25(36)30(27)47-35)33(44)39(17-5-2)24-15-13-23(37)14-16-24/h4-5,7-11,13-16,21,25,27-31,41H,1-2,6,12,17-20H2,3H3,(H,38,42)/t21-,25?,27-,28+,29-,30-,31-,35+/m1/s1. The zero-order chi connectivity index (χ0) is 33.9. The molecule has 2 aromatic rings. The van der Waals surface area contributed by atoms with Gasteiger partial charge < -0.3 is 29.7 Å². The van der Waals surface area contributed by atoms with Gasteiger partial charge in [0.2, 0.25) is 11.8 Å². The van der Waals surface area contributed by atoms with Crippen LogP contribution in [0.3, 0.4) is 0 Å². The van der Waals surface area contributed by atoms with Crippen LogP contribution in [-0.2, 0) is 28.7 Å². The van der Waals surface area contributed by atoms with E-state index in [1.807, 2.05) is 18.2 Å². The summed E-state index contributed by atoms with van der Waals surface area (Å²) in [5.41, 5.74) is -0.142. The zero-order valence-corrected chi connectivity index (χ0v) is 28.4. The smallest absolute Gasteiger partial charge is 0.313 e. The van der Waals surface area contributed by atoms with E-state index in [0.717, 1.165) is 0 Å². The van der Waals surface area contributed by atoms with Gasteiger partial charge in [-0.05, 0) is 49.6 Å². The lowest BCUT2D eigenvalue weighted by Gasteiger charge is -2.37. The summed E-state index contributed by atoms with van der Waals surface area (Å²) in [6.07, 6.45) is 2.65. The fourth-order valence-corrected chi connectivity index (χ4v) is 8.26. The molecule has 0 aliphatic carbocycles. The first-order valence-electron chi connectivity index (χ1n) is 15.6. The Balaban J connectivity index is 1.48. The van der Waals surface area contributed by atoms with Crippen LogP contribution in [0.1, 0.15) is 37.9 Å². The molecule has 0 saturated carbocycles. The molecule has 47 heavy (non-hydrogen) atoms. The first-order valence-corrected chi connectivity index (χ1v) is 16.9. The van der Waals surface area contributed by atoms with Crippen molar-refractivity contribution in [3.63, 3.8) is 0 Å². The topological polar surface area (TPSA) is 125 Å². The number of anilines is 1. The molecule has 0 radical (unpaired) electrons. The number of hydrogen-bond donors (Lipinski definition) is 2. The van der Waals surface area contributed by atoms with Crippen molar-refractivity contribution < 1.29 is 33.8 Å². The van der Waals surface area contributed by atoms with Gasteiger partial charge in [-0.2, -0.15) is 0 Å². The van der Waals surface area contributed by atoms with Crippen molar-refractivity contribution in [1.82, 2.24) is 10.2 Å². The second-order valence-corrected chi connectivity index (χ2v) is 13.7. The molecule has 1 unspecified atom stereocenters. The molecule has 3 saturated heterocycles. The fourth-order valence-electron chi connectivity index (χ4n) is 7.19. The molecule has 3 heterocycles. The first kappa shape index (κ1) is 34.8. The normalized spacial score (nSPS) is 27.1. The highest BCUT2D eigenvalue weighted by Gasteiger charge is 2.77. The molecule has 3 fully saturated rings. The molecule has 8 atom stereocenters. The molecule has 2 N–H and O–H groups in total. The van der Waals surface area contributed by atoms with Crippen LogP contribution >= 0.6 is 27.5 Å². The molecular formula is C35H39BrClN3O7. The van der Waals surface area contributed by atoms with E-state index in [4.69, 9.17) is 21.1 Å². The van der Waals surface area contributed by atoms with Gasteiger partial charge >= 0.3 is 5.97 Å². The monoisotopic (exact) mass is 727 g/mol. The average Bonchev–Trinajstić information content (AvgIpc) is 3.65. The van der Waals surface area contributed by atoms with E-state index >= 15 is 0 Å². The second kappa shape index (κ2) is 14.7. The predicted molar refractivity (Wildman–Crippen MR) is 181 cm³/mol. The number of nitrogens with one attached hydrogen (secondary N) is 1. The lowest BCUT2D eigenvalue weighted by atomic mass is 9.70. The van der Waals surface area contributed by atoms with Crippen molar-refractivity contribution in [2.45, 2.75) is 60.9 Å². The van der Waals surface area contributed by atoms with E-state index in [1.165, 1.54) is 9.80 Å². The molecule has 3 aliphatic heterocycles. The molecule has 250 valence electrons. The predicted octanol–water partition coefficient (Wildman–Crippen LogP) is 4.35. The number of hydrogen-bond acceptors (Lipinski definition) is 7. The number of amides is 3. The third-order valence-electron chi connectivity index (χ3n) is 9.14. The molecule has 1 spiro atoms. The number of halogens is 2. The van der Waals surface area contributed by atoms with Gasteiger partial charge in [0.25, 0.3) is 5.91 Å². The van der Waals surface area contributed by atoms with Crippen molar-refractivity contribution in [3.8, 4) is 0 Å². The van der Waals surface area contributed by atoms with Crippen LogP contribution in [0.2, 0.25) is 5.02 Å². The average molecular weight is 729 g/mol. The number of allylic oxidation sites excluding steroid dienone is 1. The van der Waals surface area contributed by atoms with Crippen LogP contribution in [0.4, 0.5) is 5.69 Å². The number of carbonyl (C=O) groups excluding carboxylic acids is 4. The van der Waals surface area contributed by atoms with Crippen molar-refractivity contribution in [2.75, 3.05) is 24.6 Å². The number of β-amino-alcohol motifs (C(OH)–C–C–N with tert-alkyl or cyclic N) is 1. The Morgan fingerprint density at radius 1 is 1.19 bits per heavy atom. The van der Waals surface area contributed by atoms with E-state index < -0.39 is 66.1 Å². The van der Waals surface area contributed by atoms with Gasteiger partial charge in [-0.25, -0.2) is 0 Å². The molecule has 0 aromatic heterocycles. The van der Waals surface area contributed by atoms with Gasteiger partial charge in [0.15, 0.2) is 0 Å². The van der Waals surface area contributed by atoms with Gasteiger partial charge in [0, 0.05) is 35.0 Å². The van der Waals surface area contributed by atoms with Crippen LogP contribution in [0, 0.1) is 11.8 Å². The van der Waals surface area contributed by atoms with Gasteiger partial charge in [0.05, 0.1) is 30.6 Å². The number of nitrogens with zero attached hydrogens (tertiary/aromatic N) is 2. The minimum absolute atomic E-state index is 0.126. The number of rotatable bonds is 14. The van der Waals surface area contributed by atoms with Crippen LogP contribution in [0.15, 0.2) is 79.9 Å². The molecule has 2 aromatic carbocycles. The van der Waals surface area contributed by atoms with E-state index in [0.29, 0.717) is 22.7 Å². The Kier molecular flexibility index (Phi) is 10.9. The Bertz CT molecular complexity index is 1510. The number of fused-ring (bicyclic) bond motifs is 1. The minimum Gasteiger partial charge on any atom is -0.455 e. The lowest BCUT2D eigenvalue weighted by Crippen LogP contribution is -2.57. The van der Waals surface area contributed by atoms with E-state index in [9.17, 15) is 24.3 Å². The number of alkyl halides is 1. The van der Waals surface area contributed by atoms with Crippen molar-refractivity contribution in [2.24, 2.45) is 11.8 Å². The van der Waals surface area contributed by atoms with Gasteiger partial charge in [0.1, 0.15) is 17.7 Å². The zero-order valence-electron chi connectivity index (χ0n) is 26.1. The number of esters is 1. The highest BCUT2D eigenvalue weighted by atomic mass is 79.9. The molecule has 3 aliphatic rings. The maximum absolute atomic E-state index is 14.5. The quantitative estimate of drug-likeness (QED) is 0.168. The summed E-state index contributed by atoms with van der Waals surface area (Å²) in [4.78, 5) is 58.1. The number of carbonyl (C=O) groups is 4. The van der Waals surface area contributed by atoms with E-state index in [2.05, 4.69) is 34.4 Å². The number of aliphatic hydroxyl groups excluding tert-OH is 1. The highest BCUT2D eigenvalue weighted by molar-refractivity contribution is 9.09. The van der Waals surface area contributed by atoms with E-state index in [1.54, 1.807) is 55.5 Å². The number of benzene rings is 2. The van der Waals surface area contributed by atoms with Crippen molar-refractivity contribution in [1.29, 1.82) is 0 Å². The Morgan fingerprint density at radius 2 is 1.89 bits per heavy atom. The Morgan fingerprint density at radius 3 is 2.53 bits per heavy atom. The number of likely N-dealkylation sites (tertiary alicyclic amines) is 1. The van der Waals surface area contributed by atoms with Crippen molar-refractivity contribution >= 4 is 56.9 Å². The summed E-state index contributed by atoms with van der Waals surface area (Å²) >= 11 is 9.79. The summed E-state index contributed by atoms with van der Waals surface area (Å²) in [6, 6.07) is 14.1.